The van der Waals surface area contributed by atoms with Gasteiger partial charge in [-0.05, 0) is 31.0 Å². The molecule has 1 atom stereocenters. The van der Waals surface area contributed by atoms with Crippen LogP contribution in [-0.4, -0.2) is 25.0 Å². The van der Waals surface area contributed by atoms with Crippen LogP contribution in [0.3, 0.4) is 0 Å². The van der Waals surface area contributed by atoms with Crippen molar-refractivity contribution in [3.63, 3.8) is 0 Å². The molecule has 1 fully saturated rings. The van der Waals surface area contributed by atoms with Gasteiger partial charge in [-0.15, -0.1) is 0 Å². The molecule has 0 bridgehead atoms. The van der Waals surface area contributed by atoms with Crippen molar-refractivity contribution in [2.75, 3.05) is 13.7 Å². The highest BCUT2D eigenvalue weighted by molar-refractivity contribution is 5.54. The van der Waals surface area contributed by atoms with E-state index in [0.29, 0.717) is 6.54 Å². The molecule has 1 saturated heterocycles. The van der Waals surface area contributed by atoms with Crippen LogP contribution in [-0.2, 0) is 10.3 Å². The second kappa shape index (κ2) is 4.97. The minimum Gasteiger partial charge on any atom is -0.497 e. The molecule has 20 heavy (non-hydrogen) atoms. The fraction of sp³-hybridized carbons (Fsp3) is 0.471. The zero-order valence-corrected chi connectivity index (χ0v) is 12.8. The van der Waals surface area contributed by atoms with E-state index in [1.54, 1.807) is 7.11 Å². The molecule has 1 aliphatic heterocycles. The van der Waals surface area contributed by atoms with E-state index in [-0.39, 0.29) is 5.41 Å². The first-order valence-corrected chi connectivity index (χ1v) is 6.92. The molecule has 1 amide bonds. The maximum atomic E-state index is 11.6. The predicted octanol–water partition coefficient (Wildman–Crippen LogP) is 3.35. The van der Waals surface area contributed by atoms with Gasteiger partial charge in [-0.2, -0.15) is 0 Å². The second-order valence-electron chi connectivity index (χ2n) is 6.08. The predicted molar refractivity (Wildman–Crippen MR) is 80.7 cm³/mol. The van der Waals surface area contributed by atoms with E-state index in [0.717, 1.165) is 24.1 Å². The van der Waals surface area contributed by atoms with E-state index < -0.39 is 5.54 Å². The highest BCUT2D eigenvalue weighted by atomic mass is 16.5. The Balaban J connectivity index is 2.61. The topological polar surface area (TPSA) is 29.5 Å². The summed E-state index contributed by atoms with van der Waals surface area (Å²) in [5, 5.41) is 0. The molecule has 0 aromatic heterocycles. The smallest absolute Gasteiger partial charge is 0.210 e. The average molecular weight is 273 g/mol. The first kappa shape index (κ1) is 14.6. The van der Waals surface area contributed by atoms with E-state index in [1.165, 1.54) is 5.57 Å². The van der Waals surface area contributed by atoms with Gasteiger partial charge in [0.25, 0.3) is 0 Å². The SMILES string of the molecule is C=C1CCN(C=O)C(C)(c2cccc(OC)c2)C1(C)C. The van der Waals surface area contributed by atoms with Crippen molar-refractivity contribution >= 4 is 6.41 Å². The van der Waals surface area contributed by atoms with Crippen molar-refractivity contribution in [1.82, 2.24) is 4.90 Å². The Bertz CT molecular complexity index is 536. The Hall–Kier alpha value is -1.77. The number of carbonyl (C=O) groups excluding carboxylic acids is 1. The molecule has 0 radical (unpaired) electrons. The number of piperidine rings is 1. The largest absolute Gasteiger partial charge is 0.497 e. The number of methoxy groups -OCH3 is 1. The third-order valence-electron chi connectivity index (χ3n) is 5.09. The monoisotopic (exact) mass is 273 g/mol. The molecule has 1 unspecified atom stereocenters. The van der Waals surface area contributed by atoms with Crippen LogP contribution in [0.2, 0.25) is 0 Å². The molecular formula is C17H23NO2. The summed E-state index contributed by atoms with van der Waals surface area (Å²) in [4.78, 5) is 13.4. The average Bonchev–Trinajstić information content (AvgIpc) is 2.45. The van der Waals surface area contributed by atoms with Crippen LogP contribution in [0, 0.1) is 5.41 Å². The molecule has 0 saturated carbocycles. The van der Waals surface area contributed by atoms with Gasteiger partial charge in [-0.25, -0.2) is 0 Å². The van der Waals surface area contributed by atoms with Crippen LogP contribution in [0.5, 0.6) is 5.75 Å². The van der Waals surface area contributed by atoms with Crippen LogP contribution < -0.4 is 4.74 Å². The molecular weight excluding hydrogens is 250 g/mol. The van der Waals surface area contributed by atoms with Crippen molar-refractivity contribution in [3.05, 3.63) is 42.0 Å². The summed E-state index contributed by atoms with van der Waals surface area (Å²) < 4.78 is 5.33. The Morgan fingerprint density at radius 3 is 2.65 bits per heavy atom. The molecule has 1 aromatic carbocycles. The van der Waals surface area contributed by atoms with Gasteiger partial charge in [0.05, 0.1) is 12.6 Å². The summed E-state index contributed by atoms with van der Waals surface area (Å²) in [6, 6.07) is 7.95. The normalized spacial score (nSPS) is 25.4. The third-order valence-corrected chi connectivity index (χ3v) is 5.09. The standard InChI is InChI=1S/C17H23NO2/c1-13-9-10-18(12-19)17(4,16(13,2)3)14-7-6-8-15(11-14)20-5/h6-8,11-12H,1,9-10H2,2-5H3. The minimum absolute atomic E-state index is 0.196. The van der Waals surface area contributed by atoms with E-state index in [4.69, 9.17) is 4.74 Å². The summed E-state index contributed by atoms with van der Waals surface area (Å²) >= 11 is 0. The first-order chi connectivity index (χ1) is 9.37. The van der Waals surface area contributed by atoms with E-state index in [9.17, 15) is 4.79 Å². The second-order valence-corrected chi connectivity index (χ2v) is 6.08. The lowest BCUT2D eigenvalue weighted by atomic mass is 9.61. The Kier molecular flexibility index (Phi) is 3.63. The fourth-order valence-corrected chi connectivity index (χ4v) is 3.11. The number of rotatable bonds is 3. The van der Waals surface area contributed by atoms with Crippen molar-refractivity contribution in [2.24, 2.45) is 5.41 Å². The number of nitrogens with zero attached hydrogens (tertiary/aromatic N) is 1. The Morgan fingerprint density at radius 2 is 2.05 bits per heavy atom. The fourth-order valence-electron chi connectivity index (χ4n) is 3.11. The summed E-state index contributed by atoms with van der Waals surface area (Å²) in [6.45, 7) is 11.4. The van der Waals surface area contributed by atoms with Crippen molar-refractivity contribution in [3.8, 4) is 5.75 Å². The number of amides is 1. The number of carbonyl (C=O) groups is 1. The Labute approximate surface area is 121 Å². The van der Waals surface area contributed by atoms with Crippen LogP contribution in [0.25, 0.3) is 0 Å². The molecule has 2 rings (SSSR count). The highest BCUT2D eigenvalue weighted by Crippen LogP contribution is 2.52. The van der Waals surface area contributed by atoms with Gasteiger partial charge in [-0.3, -0.25) is 4.79 Å². The number of benzene rings is 1. The van der Waals surface area contributed by atoms with Crippen LogP contribution in [0.1, 0.15) is 32.8 Å². The maximum Gasteiger partial charge on any atom is 0.210 e. The molecule has 1 aromatic rings. The van der Waals surface area contributed by atoms with Crippen LogP contribution in [0.15, 0.2) is 36.4 Å². The molecule has 0 spiro atoms. The summed E-state index contributed by atoms with van der Waals surface area (Å²) in [7, 11) is 1.66. The zero-order valence-electron chi connectivity index (χ0n) is 12.8. The molecule has 3 heteroatoms. The minimum atomic E-state index is -0.418. The summed E-state index contributed by atoms with van der Waals surface area (Å²) in [5.41, 5.74) is 1.65. The Morgan fingerprint density at radius 1 is 1.35 bits per heavy atom. The van der Waals surface area contributed by atoms with Gasteiger partial charge in [0.2, 0.25) is 6.41 Å². The number of hydrogen-bond donors (Lipinski definition) is 0. The number of likely N-dealkylation sites (tertiary alicyclic amines) is 1. The van der Waals surface area contributed by atoms with Gasteiger partial charge in [-0.1, -0.05) is 38.1 Å². The van der Waals surface area contributed by atoms with E-state index in [2.05, 4.69) is 33.4 Å². The van der Waals surface area contributed by atoms with Crippen molar-refractivity contribution < 1.29 is 9.53 Å². The molecule has 0 N–H and O–H groups in total. The third kappa shape index (κ3) is 1.92. The summed E-state index contributed by atoms with van der Waals surface area (Å²) in [5.74, 6) is 0.807. The first-order valence-electron chi connectivity index (χ1n) is 6.92. The van der Waals surface area contributed by atoms with Gasteiger partial charge in [0.1, 0.15) is 5.75 Å². The van der Waals surface area contributed by atoms with Crippen LogP contribution >= 0.6 is 0 Å². The molecule has 0 aliphatic carbocycles. The molecule has 1 heterocycles. The maximum absolute atomic E-state index is 11.6. The highest BCUT2D eigenvalue weighted by Gasteiger charge is 2.50. The van der Waals surface area contributed by atoms with Crippen LogP contribution in [0.4, 0.5) is 0 Å². The van der Waals surface area contributed by atoms with Gasteiger partial charge >= 0.3 is 0 Å². The van der Waals surface area contributed by atoms with Crippen molar-refractivity contribution in [1.29, 1.82) is 0 Å². The molecule has 1 aliphatic rings. The zero-order chi connectivity index (χ0) is 15.0. The van der Waals surface area contributed by atoms with E-state index in [1.807, 2.05) is 23.1 Å². The molecule has 108 valence electrons. The lowest BCUT2D eigenvalue weighted by molar-refractivity contribution is -0.130. The van der Waals surface area contributed by atoms with E-state index >= 15 is 0 Å². The van der Waals surface area contributed by atoms with Gasteiger partial charge < -0.3 is 9.64 Å². The molecule has 3 nitrogen and oxygen atoms in total. The quantitative estimate of drug-likeness (QED) is 0.624. The van der Waals surface area contributed by atoms with Crippen molar-refractivity contribution in [2.45, 2.75) is 32.7 Å². The number of hydrogen-bond acceptors (Lipinski definition) is 2. The number of ether oxygens (including phenoxy) is 1. The lowest BCUT2D eigenvalue weighted by Crippen LogP contribution is -2.57. The van der Waals surface area contributed by atoms with Gasteiger partial charge in [0.15, 0.2) is 0 Å². The van der Waals surface area contributed by atoms with Gasteiger partial charge in [0, 0.05) is 12.0 Å². The summed E-state index contributed by atoms with van der Waals surface area (Å²) in [6.07, 6.45) is 1.80. The lowest BCUT2D eigenvalue weighted by Gasteiger charge is -2.55.